The number of carbonyl (C=O) groups excluding carboxylic acids is 2. The predicted molar refractivity (Wildman–Crippen MR) is 76.6 cm³/mol. The van der Waals surface area contributed by atoms with Crippen LogP contribution in [0, 0.1) is 0 Å². The van der Waals surface area contributed by atoms with Crippen molar-refractivity contribution in [1.29, 1.82) is 0 Å². The van der Waals surface area contributed by atoms with Gasteiger partial charge in [-0.3, -0.25) is 14.5 Å². The summed E-state index contributed by atoms with van der Waals surface area (Å²) in [4.78, 5) is 25.5. The van der Waals surface area contributed by atoms with Gasteiger partial charge < -0.3 is 0 Å². The summed E-state index contributed by atoms with van der Waals surface area (Å²) in [6.45, 7) is 9.23. The second-order valence-corrected chi connectivity index (χ2v) is 3.84. The molecule has 0 atom stereocenters. The van der Waals surface area contributed by atoms with E-state index in [1.165, 1.54) is 11.0 Å². The molecule has 19 heavy (non-hydrogen) atoms. The standard InChI is InChI=1S/C16H17NO2/c1-4-6-10-13(3)15(18)17(5-2)16(19)14-11-8-7-9-12-14/h4,6-12H,1,3,5H2,2H3/b10-6-. The average Bonchev–Trinajstić information content (AvgIpc) is 2.46. The molecule has 0 bridgehead atoms. The molecule has 0 unspecified atom stereocenters. The summed E-state index contributed by atoms with van der Waals surface area (Å²) in [7, 11) is 0. The quantitative estimate of drug-likeness (QED) is 0.599. The Hall–Kier alpha value is -2.42. The first kappa shape index (κ1) is 14.6. The number of hydrogen-bond acceptors (Lipinski definition) is 2. The summed E-state index contributed by atoms with van der Waals surface area (Å²) in [5, 5.41) is 0. The Morgan fingerprint density at radius 1 is 1.26 bits per heavy atom. The van der Waals surface area contributed by atoms with Gasteiger partial charge in [0.1, 0.15) is 0 Å². The molecule has 1 aromatic rings. The van der Waals surface area contributed by atoms with Gasteiger partial charge in [0.05, 0.1) is 0 Å². The number of hydrogen-bond donors (Lipinski definition) is 0. The van der Waals surface area contributed by atoms with Crippen LogP contribution in [0.3, 0.4) is 0 Å². The lowest BCUT2D eigenvalue weighted by Gasteiger charge is -2.19. The molecule has 3 heteroatoms. The summed E-state index contributed by atoms with van der Waals surface area (Å²) in [5.41, 5.74) is 0.740. The molecule has 3 nitrogen and oxygen atoms in total. The second-order valence-electron chi connectivity index (χ2n) is 3.84. The Kier molecular flexibility index (Phi) is 5.48. The van der Waals surface area contributed by atoms with Gasteiger partial charge >= 0.3 is 0 Å². The van der Waals surface area contributed by atoms with Crippen LogP contribution in [0.2, 0.25) is 0 Å². The number of nitrogens with zero attached hydrogens (tertiary/aromatic N) is 1. The van der Waals surface area contributed by atoms with Crippen LogP contribution in [-0.4, -0.2) is 23.3 Å². The number of allylic oxidation sites excluding steroid dienone is 2. The first-order valence-electron chi connectivity index (χ1n) is 6.01. The summed E-state index contributed by atoms with van der Waals surface area (Å²) in [5.74, 6) is -0.712. The molecular weight excluding hydrogens is 238 g/mol. The minimum absolute atomic E-state index is 0.256. The number of rotatable bonds is 5. The predicted octanol–water partition coefficient (Wildman–Crippen LogP) is 2.97. The van der Waals surface area contributed by atoms with Crippen LogP contribution in [0.5, 0.6) is 0 Å². The molecule has 1 rings (SSSR count). The topological polar surface area (TPSA) is 37.4 Å². The van der Waals surface area contributed by atoms with Crippen molar-refractivity contribution in [1.82, 2.24) is 4.90 Å². The van der Waals surface area contributed by atoms with Gasteiger partial charge in [0.15, 0.2) is 0 Å². The maximum absolute atomic E-state index is 12.2. The fourth-order valence-corrected chi connectivity index (χ4v) is 1.54. The molecule has 0 aliphatic rings. The van der Waals surface area contributed by atoms with Crippen LogP contribution < -0.4 is 0 Å². The number of imide groups is 1. The van der Waals surface area contributed by atoms with Gasteiger partial charge in [-0.05, 0) is 19.1 Å². The molecule has 0 spiro atoms. The lowest BCUT2D eigenvalue weighted by Crippen LogP contribution is -2.37. The zero-order chi connectivity index (χ0) is 14.3. The van der Waals surface area contributed by atoms with E-state index >= 15 is 0 Å². The van der Waals surface area contributed by atoms with Crippen LogP contribution in [0.15, 0.2) is 67.3 Å². The van der Waals surface area contributed by atoms with E-state index in [4.69, 9.17) is 0 Å². The highest BCUT2D eigenvalue weighted by molar-refractivity contribution is 6.10. The van der Waals surface area contributed by atoms with Crippen LogP contribution in [0.1, 0.15) is 17.3 Å². The van der Waals surface area contributed by atoms with Gasteiger partial charge in [-0.2, -0.15) is 0 Å². The highest BCUT2D eigenvalue weighted by Gasteiger charge is 2.21. The van der Waals surface area contributed by atoms with Crippen molar-refractivity contribution in [2.24, 2.45) is 0 Å². The van der Waals surface area contributed by atoms with Crippen LogP contribution in [-0.2, 0) is 4.79 Å². The third-order valence-electron chi connectivity index (χ3n) is 2.54. The van der Waals surface area contributed by atoms with Crippen molar-refractivity contribution in [2.45, 2.75) is 6.92 Å². The molecule has 0 fully saturated rings. The molecule has 0 saturated heterocycles. The van der Waals surface area contributed by atoms with Crippen molar-refractivity contribution >= 4 is 11.8 Å². The molecule has 0 saturated carbocycles. The Balaban J connectivity index is 2.92. The average molecular weight is 255 g/mol. The minimum atomic E-state index is -0.394. The van der Waals surface area contributed by atoms with Gasteiger partial charge in [0.2, 0.25) is 0 Å². The van der Waals surface area contributed by atoms with Gasteiger partial charge in [-0.1, -0.05) is 49.6 Å². The van der Waals surface area contributed by atoms with Gasteiger partial charge in [0.25, 0.3) is 11.8 Å². The van der Waals surface area contributed by atoms with Crippen LogP contribution in [0.4, 0.5) is 0 Å². The van der Waals surface area contributed by atoms with Crippen molar-refractivity contribution < 1.29 is 9.59 Å². The maximum Gasteiger partial charge on any atom is 0.260 e. The SMILES string of the molecule is C=C/C=C\C(=C)C(=O)N(CC)C(=O)c1ccccc1. The highest BCUT2D eigenvalue weighted by Crippen LogP contribution is 2.09. The van der Waals surface area contributed by atoms with Crippen molar-refractivity contribution in [2.75, 3.05) is 6.54 Å². The highest BCUT2D eigenvalue weighted by atomic mass is 16.2. The summed E-state index contributed by atoms with van der Waals surface area (Å²) >= 11 is 0. The van der Waals surface area contributed by atoms with Crippen molar-refractivity contribution in [3.63, 3.8) is 0 Å². The molecule has 0 radical (unpaired) electrons. The van der Waals surface area contributed by atoms with Gasteiger partial charge in [-0.15, -0.1) is 0 Å². The Labute approximate surface area is 113 Å². The first-order chi connectivity index (χ1) is 9.11. The van der Waals surface area contributed by atoms with E-state index in [1.54, 1.807) is 43.3 Å². The number of carbonyl (C=O) groups is 2. The number of benzene rings is 1. The summed E-state index contributed by atoms with van der Waals surface area (Å²) < 4.78 is 0. The molecule has 0 aliphatic heterocycles. The molecule has 98 valence electrons. The van der Waals surface area contributed by atoms with E-state index in [1.807, 2.05) is 6.07 Å². The van der Waals surface area contributed by atoms with Gasteiger partial charge in [-0.25, -0.2) is 0 Å². The van der Waals surface area contributed by atoms with Crippen LogP contribution in [0.25, 0.3) is 0 Å². The smallest absolute Gasteiger partial charge is 0.260 e. The maximum atomic E-state index is 12.2. The monoisotopic (exact) mass is 255 g/mol. The normalized spacial score (nSPS) is 10.2. The van der Waals surface area contributed by atoms with E-state index in [-0.39, 0.29) is 11.5 Å². The molecule has 1 aromatic carbocycles. The second kappa shape index (κ2) is 7.11. The fraction of sp³-hybridized carbons (Fsp3) is 0.125. The lowest BCUT2D eigenvalue weighted by atomic mass is 10.1. The van der Waals surface area contributed by atoms with Crippen LogP contribution >= 0.6 is 0 Å². The lowest BCUT2D eigenvalue weighted by molar-refractivity contribution is -0.124. The Bertz CT molecular complexity index is 515. The summed E-state index contributed by atoms with van der Waals surface area (Å²) in [6.07, 6.45) is 4.70. The van der Waals surface area contributed by atoms with Gasteiger partial charge in [0, 0.05) is 17.7 Å². The van der Waals surface area contributed by atoms with E-state index in [0.29, 0.717) is 12.1 Å². The van der Waals surface area contributed by atoms with E-state index < -0.39 is 5.91 Å². The zero-order valence-electron chi connectivity index (χ0n) is 11.0. The van der Waals surface area contributed by atoms with Crippen molar-refractivity contribution in [3.05, 3.63) is 72.9 Å². The van der Waals surface area contributed by atoms with Crippen molar-refractivity contribution in [3.8, 4) is 0 Å². The Morgan fingerprint density at radius 2 is 1.89 bits per heavy atom. The zero-order valence-corrected chi connectivity index (χ0v) is 11.0. The van der Waals surface area contributed by atoms with E-state index in [0.717, 1.165) is 0 Å². The minimum Gasteiger partial charge on any atom is -0.275 e. The largest absolute Gasteiger partial charge is 0.275 e. The third-order valence-corrected chi connectivity index (χ3v) is 2.54. The number of amides is 2. The van der Waals surface area contributed by atoms with E-state index in [2.05, 4.69) is 13.2 Å². The molecule has 0 aromatic heterocycles. The number of likely N-dealkylation sites (N-methyl/N-ethyl adjacent to an activating group) is 1. The molecule has 0 heterocycles. The molecule has 2 amide bonds. The molecule has 0 aliphatic carbocycles. The Morgan fingerprint density at radius 3 is 2.42 bits per heavy atom. The molecular formula is C16H17NO2. The van der Waals surface area contributed by atoms with E-state index in [9.17, 15) is 9.59 Å². The third kappa shape index (κ3) is 3.78. The summed E-state index contributed by atoms with van der Waals surface area (Å²) in [6, 6.07) is 8.71. The fourth-order valence-electron chi connectivity index (χ4n) is 1.54. The molecule has 0 N–H and O–H groups in total. The first-order valence-corrected chi connectivity index (χ1v) is 6.01.